The highest BCUT2D eigenvalue weighted by Gasteiger charge is 1.95. The second-order valence-electron chi connectivity index (χ2n) is 4.32. The van der Waals surface area contributed by atoms with Crippen LogP contribution in [0.25, 0.3) is 0 Å². The Bertz CT molecular complexity index is 221. The third-order valence-corrected chi connectivity index (χ3v) is 1.26. The molecular formula is C11H22N2. The van der Waals surface area contributed by atoms with E-state index < -0.39 is 0 Å². The maximum atomic E-state index is 4.13. The molecule has 0 radical (unpaired) electrons. The van der Waals surface area contributed by atoms with Gasteiger partial charge < -0.3 is 0 Å². The Kier molecular flexibility index (Phi) is 5.44. The van der Waals surface area contributed by atoms with Crippen molar-refractivity contribution in [2.45, 2.75) is 47.6 Å². The number of rotatable bonds is 1. The fourth-order valence-corrected chi connectivity index (χ4v) is 0.715. The second-order valence-corrected chi connectivity index (χ2v) is 4.32. The van der Waals surface area contributed by atoms with Gasteiger partial charge in [0.15, 0.2) is 0 Å². The smallest absolute Gasteiger partial charge is 0.0519 e. The molecule has 0 saturated heterocycles. The van der Waals surface area contributed by atoms with E-state index in [1.165, 1.54) is 5.56 Å². The van der Waals surface area contributed by atoms with Crippen molar-refractivity contribution in [3.05, 3.63) is 18.0 Å². The SMILES string of the molecule is CC(C)C.Cc1cnn(C(C)C)c1. The zero-order chi connectivity index (χ0) is 10.4. The van der Waals surface area contributed by atoms with Crippen molar-refractivity contribution in [1.29, 1.82) is 0 Å². The number of hydrogen-bond acceptors (Lipinski definition) is 1. The summed E-state index contributed by atoms with van der Waals surface area (Å²) in [5, 5.41) is 4.13. The van der Waals surface area contributed by atoms with Crippen molar-refractivity contribution in [2.75, 3.05) is 0 Å². The highest BCUT2D eigenvalue weighted by Crippen LogP contribution is 2.02. The van der Waals surface area contributed by atoms with Gasteiger partial charge in [0, 0.05) is 12.2 Å². The summed E-state index contributed by atoms with van der Waals surface area (Å²) in [6, 6.07) is 0.485. The molecule has 1 heterocycles. The first-order chi connectivity index (χ1) is 5.93. The van der Waals surface area contributed by atoms with E-state index in [1.807, 2.05) is 24.0 Å². The lowest BCUT2D eigenvalue weighted by atomic mass is 10.3. The molecule has 0 amide bonds. The van der Waals surface area contributed by atoms with Gasteiger partial charge in [0.1, 0.15) is 0 Å². The molecular weight excluding hydrogens is 160 g/mol. The topological polar surface area (TPSA) is 17.8 Å². The minimum Gasteiger partial charge on any atom is -0.270 e. The van der Waals surface area contributed by atoms with Crippen molar-refractivity contribution >= 4 is 0 Å². The molecule has 0 aromatic carbocycles. The minimum absolute atomic E-state index is 0.485. The molecule has 2 heteroatoms. The lowest BCUT2D eigenvalue weighted by Gasteiger charge is -2.02. The molecule has 0 aliphatic rings. The van der Waals surface area contributed by atoms with Crippen LogP contribution in [-0.4, -0.2) is 9.78 Å². The average Bonchev–Trinajstić information content (AvgIpc) is 2.34. The molecule has 0 bridgehead atoms. The quantitative estimate of drug-likeness (QED) is 0.650. The summed E-state index contributed by atoms with van der Waals surface area (Å²) >= 11 is 0. The van der Waals surface area contributed by atoms with E-state index in [4.69, 9.17) is 0 Å². The van der Waals surface area contributed by atoms with E-state index >= 15 is 0 Å². The largest absolute Gasteiger partial charge is 0.270 e. The Hall–Kier alpha value is -0.790. The van der Waals surface area contributed by atoms with E-state index in [1.54, 1.807) is 0 Å². The zero-order valence-electron chi connectivity index (χ0n) is 9.70. The predicted molar refractivity (Wildman–Crippen MR) is 57.9 cm³/mol. The minimum atomic E-state index is 0.485. The van der Waals surface area contributed by atoms with Crippen molar-refractivity contribution in [2.24, 2.45) is 5.92 Å². The molecule has 0 unspecified atom stereocenters. The summed E-state index contributed by atoms with van der Waals surface area (Å²) in [5.74, 6) is 0.833. The van der Waals surface area contributed by atoms with E-state index in [0.29, 0.717) is 6.04 Å². The monoisotopic (exact) mass is 182 g/mol. The van der Waals surface area contributed by atoms with E-state index in [9.17, 15) is 0 Å². The fraction of sp³-hybridized carbons (Fsp3) is 0.727. The lowest BCUT2D eigenvalue weighted by Crippen LogP contribution is -1.99. The van der Waals surface area contributed by atoms with E-state index in [-0.39, 0.29) is 0 Å². The van der Waals surface area contributed by atoms with Gasteiger partial charge in [0.05, 0.1) is 6.20 Å². The summed E-state index contributed by atoms with van der Waals surface area (Å²) < 4.78 is 1.95. The number of aromatic nitrogens is 2. The zero-order valence-corrected chi connectivity index (χ0v) is 9.70. The standard InChI is InChI=1S/C7H12N2.C4H10/c1-6(2)9-5-7(3)4-8-9;1-4(2)3/h4-6H,1-3H3;4H,1-3H3. The van der Waals surface area contributed by atoms with Gasteiger partial charge in [-0.3, -0.25) is 4.68 Å². The molecule has 0 atom stereocenters. The van der Waals surface area contributed by atoms with Gasteiger partial charge in [-0.2, -0.15) is 5.10 Å². The third kappa shape index (κ3) is 6.38. The summed E-state index contributed by atoms with van der Waals surface area (Å²) in [4.78, 5) is 0. The van der Waals surface area contributed by atoms with Gasteiger partial charge in [0.25, 0.3) is 0 Å². The van der Waals surface area contributed by atoms with Crippen LogP contribution >= 0.6 is 0 Å². The first-order valence-electron chi connectivity index (χ1n) is 4.94. The molecule has 0 saturated carbocycles. The lowest BCUT2D eigenvalue weighted by molar-refractivity contribution is 0.532. The Balaban J connectivity index is 0.000000310. The van der Waals surface area contributed by atoms with Crippen molar-refractivity contribution in [1.82, 2.24) is 9.78 Å². The van der Waals surface area contributed by atoms with Crippen LogP contribution in [0.4, 0.5) is 0 Å². The summed E-state index contributed by atoms with van der Waals surface area (Å²) in [6.45, 7) is 12.8. The summed E-state index contributed by atoms with van der Waals surface area (Å²) in [5.41, 5.74) is 1.23. The molecule has 0 aliphatic heterocycles. The summed E-state index contributed by atoms with van der Waals surface area (Å²) in [7, 11) is 0. The third-order valence-electron chi connectivity index (χ3n) is 1.26. The summed E-state index contributed by atoms with van der Waals surface area (Å²) in [6.07, 6.45) is 3.92. The van der Waals surface area contributed by atoms with E-state index in [0.717, 1.165) is 5.92 Å². The van der Waals surface area contributed by atoms with Crippen LogP contribution in [0.3, 0.4) is 0 Å². The molecule has 0 aliphatic carbocycles. The van der Waals surface area contributed by atoms with Crippen LogP contribution in [0.1, 0.15) is 46.2 Å². The molecule has 1 aromatic heterocycles. The molecule has 76 valence electrons. The first kappa shape index (κ1) is 12.2. The number of hydrogen-bond donors (Lipinski definition) is 0. The van der Waals surface area contributed by atoms with Gasteiger partial charge in [-0.1, -0.05) is 20.8 Å². The Morgan fingerprint density at radius 3 is 1.77 bits per heavy atom. The maximum Gasteiger partial charge on any atom is 0.0519 e. The fourth-order valence-electron chi connectivity index (χ4n) is 0.715. The van der Waals surface area contributed by atoms with Crippen molar-refractivity contribution < 1.29 is 0 Å². The highest BCUT2D eigenvalue weighted by molar-refractivity contribution is 4.99. The van der Waals surface area contributed by atoms with Crippen molar-refractivity contribution in [3.63, 3.8) is 0 Å². The van der Waals surface area contributed by atoms with Crippen molar-refractivity contribution in [3.8, 4) is 0 Å². The van der Waals surface area contributed by atoms with Crippen LogP contribution < -0.4 is 0 Å². The maximum absolute atomic E-state index is 4.13. The average molecular weight is 182 g/mol. The Morgan fingerprint density at radius 2 is 1.62 bits per heavy atom. The van der Waals surface area contributed by atoms with Gasteiger partial charge >= 0.3 is 0 Å². The van der Waals surface area contributed by atoms with Crippen LogP contribution in [0, 0.1) is 12.8 Å². The van der Waals surface area contributed by atoms with Gasteiger partial charge in [-0.15, -0.1) is 0 Å². The molecule has 1 aromatic rings. The normalized spacial score (nSPS) is 10.2. The first-order valence-corrected chi connectivity index (χ1v) is 4.94. The van der Waals surface area contributed by atoms with Crippen LogP contribution in [0.2, 0.25) is 0 Å². The van der Waals surface area contributed by atoms with Gasteiger partial charge in [-0.25, -0.2) is 0 Å². The van der Waals surface area contributed by atoms with Gasteiger partial charge in [0.2, 0.25) is 0 Å². The Labute approximate surface area is 82.0 Å². The molecule has 0 spiro atoms. The molecule has 1 rings (SSSR count). The molecule has 2 nitrogen and oxygen atoms in total. The molecule has 13 heavy (non-hydrogen) atoms. The Morgan fingerprint density at radius 1 is 1.15 bits per heavy atom. The van der Waals surface area contributed by atoms with Crippen LogP contribution in [-0.2, 0) is 0 Å². The molecule has 0 N–H and O–H groups in total. The van der Waals surface area contributed by atoms with Crippen LogP contribution in [0.5, 0.6) is 0 Å². The van der Waals surface area contributed by atoms with Gasteiger partial charge in [-0.05, 0) is 32.3 Å². The highest BCUT2D eigenvalue weighted by atomic mass is 15.3. The second kappa shape index (κ2) is 5.79. The van der Waals surface area contributed by atoms with Crippen LogP contribution in [0.15, 0.2) is 12.4 Å². The number of nitrogens with zero attached hydrogens (tertiary/aromatic N) is 2. The molecule has 0 fully saturated rings. The predicted octanol–water partition coefficient (Wildman–Crippen LogP) is 3.43. The van der Waals surface area contributed by atoms with E-state index in [2.05, 4.69) is 39.7 Å². The number of aryl methyl sites for hydroxylation is 1.